The van der Waals surface area contributed by atoms with Crippen molar-refractivity contribution in [3.05, 3.63) is 41.6 Å². The maximum atomic E-state index is 5.24. The monoisotopic (exact) mass is 314 g/mol. The maximum absolute atomic E-state index is 5.24. The van der Waals surface area contributed by atoms with Crippen molar-refractivity contribution in [3.8, 4) is 5.75 Å². The van der Waals surface area contributed by atoms with Crippen molar-refractivity contribution in [1.82, 2.24) is 9.97 Å². The van der Waals surface area contributed by atoms with Crippen molar-refractivity contribution in [3.63, 3.8) is 0 Å². The molecule has 0 aliphatic rings. The number of ether oxygens (including phenoxy) is 1. The van der Waals surface area contributed by atoms with E-state index in [1.54, 1.807) is 7.11 Å². The molecule has 0 bridgehead atoms. The van der Waals surface area contributed by atoms with Gasteiger partial charge in [0.1, 0.15) is 11.6 Å². The predicted molar refractivity (Wildman–Crippen MR) is 95.3 cm³/mol. The molecule has 1 aromatic carbocycles. The third-order valence-electron chi connectivity index (χ3n) is 3.38. The lowest BCUT2D eigenvalue weighted by Crippen LogP contribution is -2.13. The summed E-state index contributed by atoms with van der Waals surface area (Å²) in [7, 11) is 1.68. The van der Waals surface area contributed by atoms with Crippen molar-refractivity contribution in [2.24, 2.45) is 5.92 Å². The molecule has 0 unspecified atom stereocenters. The molecule has 1 heterocycles. The van der Waals surface area contributed by atoms with Crippen LogP contribution in [0.5, 0.6) is 5.75 Å². The summed E-state index contributed by atoms with van der Waals surface area (Å²) in [6.07, 6.45) is 0.892. The van der Waals surface area contributed by atoms with E-state index in [0.717, 1.165) is 36.8 Å². The Morgan fingerprint density at radius 1 is 1.13 bits per heavy atom. The number of nitrogens with zero attached hydrogens (tertiary/aromatic N) is 2. The summed E-state index contributed by atoms with van der Waals surface area (Å²) in [5.41, 5.74) is 2.18. The first-order valence-corrected chi connectivity index (χ1v) is 8.03. The first kappa shape index (κ1) is 17.1. The second kappa shape index (κ2) is 8.36. The van der Waals surface area contributed by atoms with Crippen LogP contribution in [0.25, 0.3) is 0 Å². The molecule has 2 rings (SSSR count). The van der Waals surface area contributed by atoms with E-state index >= 15 is 0 Å². The Morgan fingerprint density at radius 2 is 1.96 bits per heavy atom. The van der Waals surface area contributed by atoms with Crippen LogP contribution in [0.4, 0.5) is 11.8 Å². The molecular weight excluding hydrogens is 288 g/mol. The Morgan fingerprint density at radius 3 is 2.70 bits per heavy atom. The summed E-state index contributed by atoms with van der Waals surface area (Å²) in [4.78, 5) is 8.95. The van der Waals surface area contributed by atoms with Crippen LogP contribution in [0.3, 0.4) is 0 Å². The number of aryl methyl sites for hydroxylation is 1. The molecule has 0 fully saturated rings. The van der Waals surface area contributed by atoms with Gasteiger partial charge in [0.25, 0.3) is 0 Å². The van der Waals surface area contributed by atoms with Crippen LogP contribution < -0.4 is 15.4 Å². The Hall–Kier alpha value is -2.30. The maximum Gasteiger partial charge on any atom is 0.224 e. The van der Waals surface area contributed by atoms with Crippen LogP contribution in [-0.2, 0) is 6.42 Å². The van der Waals surface area contributed by atoms with Crippen LogP contribution in [0, 0.1) is 12.8 Å². The molecule has 5 heteroatoms. The fraction of sp³-hybridized carbons (Fsp3) is 0.444. The molecule has 5 nitrogen and oxygen atoms in total. The van der Waals surface area contributed by atoms with Gasteiger partial charge in [0.15, 0.2) is 0 Å². The van der Waals surface area contributed by atoms with Crippen LogP contribution in [0.15, 0.2) is 30.3 Å². The number of rotatable bonds is 8. The van der Waals surface area contributed by atoms with Crippen LogP contribution in [0.2, 0.25) is 0 Å². The fourth-order valence-electron chi connectivity index (χ4n) is 2.19. The van der Waals surface area contributed by atoms with Crippen LogP contribution >= 0.6 is 0 Å². The first-order chi connectivity index (χ1) is 11.1. The zero-order valence-electron chi connectivity index (χ0n) is 14.4. The standard InChI is InChI=1S/C18H26N4O/c1-13(2)12-20-17-10-14(3)21-18(22-17)19-9-8-15-6-5-7-16(11-15)23-4/h5-7,10-11,13H,8-9,12H2,1-4H3,(H2,19,20,21,22). The molecule has 0 radical (unpaired) electrons. The van der Waals surface area contributed by atoms with Gasteiger partial charge in [-0.1, -0.05) is 26.0 Å². The highest BCUT2D eigenvalue weighted by molar-refractivity contribution is 5.42. The molecule has 1 aromatic heterocycles. The minimum atomic E-state index is 0.578. The summed E-state index contributed by atoms with van der Waals surface area (Å²) >= 11 is 0. The molecule has 0 aliphatic carbocycles. The number of nitrogens with one attached hydrogen (secondary N) is 2. The smallest absolute Gasteiger partial charge is 0.224 e. The van der Waals surface area contributed by atoms with E-state index in [2.05, 4.69) is 46.6 Å². The number of benzene rings is 1. The van der Waals surface area contributed by atoms with Crippen molar-refractivity contribution in [2.75, 3.05) is 30.8 Å². The van der Waals surface area contributed by atoms with Crippen molar-refractivity contribution < 1.29 is 4.74 Å². The van der Waals surface area contributed by atoms with E-state index in [1.165, 1.54) is 5.56 Å². The molecule has 23 heavy (non-hydrogen) atoms. The van der Waals surface area contributed by atoms with Gasteiger partial charge in [0, 0.05) is 24.8 Å². The third-order valence-corrected chi connectivity index (χ3v) is 3.38. The molecule has 0 amide bonds. The highest BCUT2D eigenvalue weighted by Crippen LogP contribution is 2.14. The predicted octanol–water partition coefficient (Wildman–Crippen LogP) is 3.52. The largest absolute Gasteiger partial charge is 0.497 e. The quantitative estimate of drug-likeness (QED) is 0.781. The summed E-state index contributed by atoms with van der Waals surface area (Å²) in [6.45, 7) is 8.01. The minimum absolute atomic E-state index is 0.578. The van der Waals surface area contributed by atoms with Gasteiger partial charge in [-0.05, 0) is 37.0 Å². The summed E-state index contributed by atoms with van der Waals surface area (Å²) in [5.74, 6) is 3.00. The lowest BCUT2D eigenvalue weighted by atomic mass is 10.1. The number of hydrogen-bond acceptors (Lipinski definition) is 5. The molecule has 0 saturated carbocycles. The second-order valence-corrected chi connectivity index (χ2v) is 6.02. The lowest BCUT2D eigenvalue weighted by molar-refractivity contribution is 0.414. The van der Waals surface area contributed by atoms with Crippen molar-refractivity contribution in [2.45, 2.75) is 27.2 Å². The normalized spacial score (nSPS) is 10.7. The van der Waals surface area contributed by atoms with Gasteiger partial charge < -0.3 is 15.4 Å². The van der Waals surface area contributed by atoms with E-state index in [4.69, 9.17) is 4.74 Å². The average Bonchev–Trinajstić information content (AvgIpc) is 2.53. The van der Waals surface area contributed by atoms with E-state index in [-0.39, 0.29) is 0 Å². The lowest BCUT2D eigenvalue weighted by Gasteiger charge is -2.11. The van der Waals surface area contributed by atoms with Gasteiger partial charge in [-0.3, -0.25) is 0 Å². The van der Waals surface area contributed by atoms with E-state index in [0.29, 0.717) is 11.9 Å². The molecular formula is C18H26N4O. The van der Waals surface area contributed by atoms with Gasteiger partial charge in [-0.15, -0.1) is 0 Å². The third kappa shape index (κ3) is 5.77. The highest BCUT2D eigenvalue weighted by atomic mass is 16.5. The molecule has 2 N–H and O–H groups in total. The zero-order valence-corrected chi connectivity index (χ0v) is 14.4. The number of aromatic nitrogens is 2. The molecule has 0 saturated heterocycles. The van der Waals surface area contributed by atoms with Crippen LogP contribution in [-0.4, -0.2) is 30.2 Å². The van der Waals surface area contributed by atoms with Gasteiger partial charge >= 0.3 is 0 Å². The second-order valence-electron chi connectivity index (χ2n) is 6.02. The molecule has 0 spiro atoms. The molecule has 0 aliphatic heterocycles. The summed E-state index contributed by atoms with van der Waals surface area (Å²) in [6, 6.07) is 10.1. The van der Waals surface area contributed by atoms with Gasteiger partial charge in [0.2, 0.25) is 5.95 Å². The van der Waals surface area contributed by atoms with Crippen molar-refractivity contribution in [1.29, 1.82) is 0 Å². The van der Waals surface area contributed by atoms with Gasteiger partial charge in [0.05, 0.1) is 7.11 Å². The molecule has 0 atom stereocenters. The summed E-state index contributed by atoms with van der Waals surface area (Å²) < 4.78 is 5.24. The van der Waals surface area contributed by atoms with Crippen LogP contribution in [0.1, 0.15) is 25.1 Å². The Balaban J connectivity index is 1.91. The van der Waals surface area contributed by atoms with E-state index in [1.807, 2.05) is 25.1 Å². The number of anilines is 2. The summed E-state index contributed by atoms with van der Waals surface area (Å²) in [5, 5.41) is 6.64. The van der Waals surface area contributed by atoms with Gasteiger partial charge in [-0.25, -0.2) is 4.98 Å². The first-order valence-electron chi connectivity index (χ1n) is 8.03. The fourth-order valence-corrected chi connectivity index (χ4v) is 2.19. The average molecular weight is 314 g/mol. The Labute approximate surface area is 138 Å². The molecule has 124 valence electrons. The van der Waals surface area contributed by atoms with Crippen molar-refractivity contribution >= 4 is 11.8 Å². The SMILES string of the molecule is COc1cccc(CCNc2nc(C)cc(NCC(C)C)n2)c1. The number of methoxy groups -OCH3 is 1. The zero-order chi connectivity index (χ0) is 16.7. The highest BCUT2D eigenvalue weighted by Gasteiger charge is 2.03. The number of hydrogen-bond donors (Lipinski definition) is 2. The minimum Gasteiger partial charge on any atom is -0.497 e. The van der Waals surface area contributed by atoms with E-state index in [9.17, 15) is 0 Å². The molecule has 2 aromatic rings. The Bertz CT molecular complexity index is 628. The topological polar surface area (TPSA) is 59.1 Å². The van der Waals surface area contributed by atoms with E-state index < -0.39 is 0 Å². The van der Waals surface area contributed by atoms with Gasteiger partial charge in [-0.2, -0.15) is 4.98 Å². The Kier molecular flexibility index (Phi) is 6.20.